The summed E-state index contributed by atoms with van der Waals surface area (Å²) in [6.45, 7) is 3.75. The number of rotatable bonds is 1. The third kappa shape index (κ3) is 1.87. The van der Waals surface area contributed by atoms with Gasteiger partial charge in [0, 0.05) is 5.56 Å². The van der Waals surface area contributed by atoms with Gasteiger partial charge in [0.2, 0.25) is 0 Å². The normalized spacial score (nSPS) is 10.4. The fourth-order valence-corrected chi connectivity index (χ4v) is 1.73. The summed E-state index contributed by atoms with van der Waals surface area (Å²) in [5.74, 6) is 0.398. The number of phenolic OH excluding ortho intramolecular Hbond substituents is 2. The van der Waals surface area contributed by atoms with Gasteiger partial charge in [0.15, 0.2) is 0 Å². The number of aromatic hydroxyl groups is 2. The average molecular weight is 214 g/mol. The van der Waals surface area contributed by atoms with Crippen molar-refractivity contribution in [3.63, 3.8) is 0 Å². The lowest BCUT2D eigenvalue weighted by atomic mass is 10.0. The monoisotopic (exact) mass is 214 g/mol. The minimum absolute atomic E-state index is 0.195. The molecule has 2 heteroatoms. The fraction of sp³-hybridized carbons (Fsp3) is 0.143. The zero-order chi connectivity index (χ0) is 11.7. The van der Waals surface area contributed by atoms with Gasteiger partial charge < -0.3 is 10.2 Å². The molecule has 0 spiro atoms. The number of aryl methyl sites for hydroxylation is 2. The molecule has 16 heavy (non-hydrogen) atoms. The van der Waals surface area contributed by atoms with Crippen LogP contribution in [0.15, 0.2) is 36.4 Å². The molecular weight excluding hydrogens is 200 g/mol. The highest BCUT2D eigenvalue weighted by molar-refractivity contribution is 5.72. The molecule has 2 aromatic carbocycles. The van der Waals surface area contributed by atoms with Crippen molar-refractivity contribution < 1.29 is 10.2 Å². The van der Waals surface area contributed by atoms with E-state index in [4.69, 9.17) is 0 Å². The summed E-state index contributed by atoms with van der Waals surface area (Å²) < 4.78 is 0. The van der Waals surface area contributed by atoms with Crippen LogP contribution in [-0.4, -0.2) is 10.2 Å². The molecule has 0 aromatic heterocycles. The molecule has 0 aliphatic heterocycles. The number of phenols is 2. The average Bonchev–Trinajstić information content (AvgIpc) is 2.23. The van der Waals surface area contributed by atoms with Crippen LogP contribution in [0.5, 0.6) is 11.5 Å². The van der Waals surface area contributed by atoms with E-state index < -0.39 is 0 Å². The maximum Gasteiger partial charge on any atom is 0.123 e. The molecule has 0 aliphatic rings. The first-order valence-corrected chi connectivity index (χ1v) is 5.17. The van der Waals surface area contributed by atoms with Crippen molar-refractivity contribution in [3.05, 3.63) is 47.5 Å². The van der Waals surface area contributed by atoms with Crippen LogP contribution in [0.3, 0.4) is 0 Å². The Hall–Kier alpha value is -1.96. The summed E-state index contributed by atoms with van der Waals surface area (Å²) in [4.78, 5) is 0. The molecule has 0 amide bonds. The molecule has 0 heterocycles. The standard InChI is InChI=1S/C14H14O2/c1-9-4-3-5-11(6-9)12-8-13(15)10(2)7-14(12)16/h3-8,15-16H,1-2H3. The highest BCUT2D eigenvalue weighted by Gasteiger charge is 2.07. The fourth-order valence-electron chi connectivity index (χ4n) is 1.73. The van der Waals surface area contributed by atoms with Gasteiger partial charge in [-0.1, -0.05) is 29.8 Å². The molecule has 82 valence electrons. The number of benzene rings is 2. The van der Waals surface area contributed by atoms with Gasteiger partial charge >= 0.3 is 0 Å². The molecule has 0 atom stereocenters. The first-order valence-electron chi connectivity index (χ1n) is 5.17. The van der Waals surface area contributed by atoms with E-state index in [0.717, 1.165) is 11.1 Å². The lowest BCUT2D eigenvalue weighted by molar-refractivity contribution is 0.458. The van der Waals surface area contributed by atoms with Gasteiger partial charge in [0.1, 0.15) is 11.5 Å². The Bertz CT molecular complexity index is 530. The van der Waals surface area contributed by atoms with Crippen LogP contribution in [-0.2, 0) is 0 Å². The van der Waals surface area contributed by atoms with Crippen LogP contribution in [0.1, 0.15) is 11.1 Å². The van der Waals surface area contributed by atoms with Gasteiger partial charge in [-0.3, -0.25) is 0 Å². The minimum Gasteiger partial charge on any atom is -0.508 e. The molecule has 0 aliphatic carbocycles. The van der Waals surface area contributed by atoms with Gasteiger partial charge in [-0.25, -0.2) is 0 Å². The van der Waals surface area contributed by atoms with E-state index >= 15 is 0 Å². The quantitative estimate of drug-likeness (QED) is 0.714. The van der Waals surface area contributed by atoms with E-state index in [0.29, 0.717) is 11.1 Å². The summed E-state index contributed by atoms with van der Waals surface area (Å²) >= 11 is 0. The summed E-state index contributed by atoms with van der Waals surface area (Å²) in [5.41, 5.74) is 3.37. The van der Waals surface area contributed by atoms with Gasteiger partial charge in [-0.05, 0) is 37.1 Å². The maximum atomic E-state index is 9.85. The zero-order valence-electron chi connectivity index (χ0n) is 9.36. The van der Waals surface area contributed by atoms with Gasteiger partial charge in [0.25, 0.3) is 0 Å². The predicted molar refractivity (Wildman–Crippen MR) is 64.7 cm³/mol. The summed E-state index contributed by atoms with van der Waals surface area (Å²) in [7, 11) is 0. The Labute approximate surface area is 94.8 Å². The molecule has 2 aromatic rings. The molecule has 0 fully saturated rings. The third-order valence-electron chi connectivity index (χ3n) is 2.64. The minimum atomic E-state index is 0.195. The van der Waals surface area contributed by atoms with Gasteiger partial charge in [-0.15, -0.1) is 0 Å². The van der Waals surface area contributed by atoms with E-state index in [1.54, 1.807) is 19.1 Å². The van der Waals surface area contributed by atoms with Crippen LogP contribution >= 0.6 is 0 Å². The molecule has 0 unspecified atom stereocenters. The summed E-state index contributed by atoms with van der Waals surface area (Å²) in [5, 5.41) is 19.5. The molecule has 2 rings (SSSR count). The molecule has 0 saturated carbocycles. The number of hydrogen-bond acceptors (Lipinski definition) is 2. The third-order valence-corrected chi connectivity index (χ3v) is 2.64. The molecule has 0 radical (unpaired) electrons. The maximum absolute atomic E-state index is 9.85. The van der Waals surface area contributed by atoms with Crippen molar-refractivity contribution in [1.82, 2.24) is 0 Å². The lowest BCUT2D eigenvalue weighted by Crippen LogP contribution is -1.83. The zero-order valence-corrected chi connectivity index (χ0v) is 9.36. The summed E-state index contributed by atoms with van der Waals surface area (Å²) in [6, 6.07) is 11.0. The molecule has 0 bridgehead atoms. The molecule has 2 nitrogen and oxygen atoms in total. The number of hydrogen-bond donors (Lipinski definition) is 2. The molecule has 2 N–H and O–H groups in total. The van der Waals surface area contributed by atoms with Crippen molar-refractivity contribution >= 4 is 0 Å². The Morgan fingerprint density at radius 3 is 2.31 bits per heavy atom. The highest BCUT2D eigenvalue weighted by Crippen LogP contribution is 2.34. The first kappa shape index (κ1) is 10.6. The first-order chi connectivity index (χ1) is 7.58. The van der Waals surface area contributed by atoms with Gasteiger partial charge in [-0.2, -0.15) is 0 Å². The topological polar surface area (TPSA) is 40.5 Å². The second kappa shape index (κ2) is 3.89. The van der Waals surface area contributed by atoms with Gasteiger partial charge in [0.05, 0.1) is 0 Å². The van der Waals surface area contributed by atoms with E-state index in [2.05, 4.69) is 0 Å². The van der Waals surface area contributed by atoms with Crippen LogP contribution in [0, 0.1) is 13.8 Å². The Balaban J connectivity index is 2.60. The van der Waals surface area contributed by atoms with Crippen LogP contribution in [0.2, 0.25) is 0 Å². The van der Waals surface area contributed by atoms with Crippen LogP contribution in [0.4, 0.5) is 0 Å². The largest absolute Gasteiger partial charge is 0.508 e. The van der Waals surface area contributed by atoms with Crippen molar-refractivity contribution in [2.75, 3.05) is 0 Å². The SMILES string of the molecule is Cc1cccc(-c2cc(O)c(C)cc2O)c1. The predicted octanol–water partition coefficient (Wildman–Crippen LogP) is 3.38. The van der Waals surface area contributed by atoms with Crippen molar-refractivity contribution in [2.45, 2.75) is 13.8 Å². The van der Waals surface area contributed by atoms with E-state index in [9.17, 15) is 10.2 Å². The van der Waals surface area contributed by atoms with Crippen molar-refractivity contribution in [3.8, 4) is 22.6 Å². The van der Waals surface area contributed by atoms with E-state index in [1.165, 1.54) is 0 Å². The van der Waals surface area contributed by atoms with Crippen LogP contribution < -0.4 is 0 Å². The second-order valence-electron chi connectivity index (χ2n) is 4.03. The highest BCUT2D eigenvalue weighted by atomic mass is 16.3. The van der Waals surface area contributed by atoms with E-state index in [1.807, 2.05) is 31.2 Å². The molecule has 0 saturated heterocycles. The second-order valence-corrected chi connectivity index (χ2v) is 4.03. The van der Waals surface area contributed by atoms with Crippen molar-refractivity contribution in [1.29, 1.82) is 0 Å². The smallest absolute Gasteiger partial charge is 0.123 e. The van der Waals surface area contributed by atoms with Crippen LogP contribution in [0.25, 0.3) is 11.1 Å². The summed E-state index contributed by atoms with van der Waals surface area (Å²) in [6.07, 6.45) is 0. The Morgan fingerprint density at radius 2 is 1.62 bits per heavy atom. The lowest BCUT2D eigenvalue weighted by Gasteiger charge is -2.08. The molecular formula is C14H14O2. The Morgan fingerprint density at radius 1 is 0.875 bits per heavy atom. The van der Waals surface area contributed by atoms with E-state index in [-0.39, 0.29) is 11.5 Å². The van der Waals surface area contributed by atoms with Crippen molar-refractivity contribution in [2.24, 2.45) is 0 Å². The Kier molecular flexibility index (Phi) is 2.57.